The van der Waals surface area contributed by atoms with Gasteiger partial charge in [-0.25, -0.2) is 0 Å². The van der Waals surface area contributed by atoms with E-state index in [1.807, 2.05) is 4.90 Å². The Labute approximate surface area is 127 Å². The van der Waals surface area contributed by atoms with Crippen LogP contribution in [0.1, 0.15) is 10.4 Å². The smallest absolute Gasteiger partial charge is 0.254 e. The Morgan fingerprint density at radius 3 is 2.43 bits per heavy atom. The molecule has 2 amide bonds. The van der Waals surface area contributed by atoms with E-state index < -0.39 is 0 Å². The molecule has 0 radical (unpaired) electrons. The lowest BCUT2D eigenvalue weighted by molar-refractivity contribution is -0.134. The monoisotopic (exact) mass is 306 g/mol. The molecule has 1 N–H and O–H groups in total. The molecular weight excluding hydrogens is 288 g/mol. The number of rotatable bonds is 2. The highest BCUT2D eigenvalue weighted by Crippen LogP contribution is 2.14. The molecule has 3 rings (SSSR count). The number of aromatic nitrogens is 1. The van der Waals surface area contributed by atoms with Crippen molar-refractivity contribution in [2.45, 2.75) is 6.04 Å². The summed E-state index contributed by atoms with van der Waals surface area (Å²) in [6, 6.07) is 3.39. The second kappa shape index (κ2) is 6.44. The van der Waals surface area contributed by atoms with E-state index in [0.29, 0.717) is 31.7 Å². The molecule has 112 valence electrons. The van der Waals surface area contributed by atoms with E-state index in [1.54, 1.807) is 41.2 Å². The molecule has 3 heterocycles. The highest BCUT2D eigenvalue weighted by atomic mass is 32.2. The summed E-state index contributed by atoms with van der Waals surface area (Å²) in [4.78, 5) is 32.2. The Bertz CT molecular complexity index is 511. The number of piperazine rings is 1. The molecule has 6 nitrogen and oxygen atoms in total. The maximum absolute atomic E-state index is 12.3. The summed E-state index contributed by atoms with van der Waals surface area (Å²) in [6.45, 7) is 2.40. The van der Waals surface area contributed by atoms with Gasteiger partial charge >= 0.3 is 0 Å². The van der Waals surface area contributed by atoms with E-state index in [0.717, 1.165) is 11.6 Å². The number of carbonyl (C=O) groups excluding carboxylic acids is 2. The summed E-state index contributed by atoms with van der Waals surface area (Å²) >= 11 is 1.75. The first kappa shape index (κ1) is 14.3. The number of thioether (sulfide) groups is 1. The van der Waals surface area contributed by atoms with Gasteiger partial charge in [-0.05, 0) is 12.1 Å². The van der Waals surface area contributed by atoms with Gasteiger partial charge in [0, 0.05) is 55.8 Å². The van der Waals surface area contributed by atoms with E-state index >= 15 is 0 Å². The third kappa shape index (κ3) is 3.19. The van der Waals surface area contributed by atoms with Gasteiger partial charge in [-0.1, -0.05) is 0 Å². The number of nitrogens with one attached hydrogen (secondary N) is 1. The van der Waals surface area contributed by atoms with Gasteiger partial charge in [0.05, 0.1) is 6.04 Å². The lowest BCUT2D eigenvalue weighted by Gasteiger charge is -2.35. The number of pyridine rings is 1. The average Bonchev–Trinajstić information content (AvgIpc) is 3.09. The zero-order chi connectivity index (χ0) is 14.7. The Balaban J connectivity index is 1.55. The van der Waals surface area contributed by atoms with Crippen LogP contribution in [0, 0.1) is 0 Å². The van der Waals surface area contributed by atoms with Crippen LogP contribution in [0.25, 0.3) is 0 Å². The summed E-state index contributed by atoms with van der Waals surface area (Å²) in [5.74, 6) is 1.86. The van der Waals surface area contributed by atoms with Crippen molar-refractivity contribution < 1.29 is 9.59 Å². The predicted molar refractivity (Wildman–Crippen MR) is 81.0 cm³/mol. The second-order valence-electron chi connectivity index (χ2n) is 5.13. The molecule has 0 saturated carbocycles. The number of hydrogen-bond donors (Lipinski definition) is 1. The van der Waals surface area contributed by atoms with Crippen LogP contribution in [0.5, 0.6) is 0 Å². The fourth-order valence-electron chi connectivity index (χ4n) is 2.58. The molecule has 2 aliphatic rings. The van der Waals surface area contributed by atoms with Crippen LogP contribution in [0.15, 0.2) is 24.5 Å². The van der Waals surface area contributed by atoms with Crippen molar-refractivity contribution in [3.05, 3.63) is 30.1 Å². The quantitative estimate of drug-likeness (QED) is 0.835. The van der Waals surface area contributed by atoms with Crippen LogP contribution in [0.3, 0.4) is 0 Å². The van der Waals surface area contributed by atoms with E-state index in [9.17, 15) is 9.59 Å². The standard InChI is InChI=1S/C14H18N4O2S/c19-13(11-1-3-15-4-2-11)17-5-7-18(8-6-17)14(20)12-9-21-10-16-12/h1-4,12,16H,5-10H2. The zero-order valence-electron chi connectivity index (χ0n) is 11.7. The number of amides is 2. The number of nitrogens with zero attached hydrogens (tertiary/aromatic N) is 3. The zero-order valence-corrected chi connectivity index (χ0v) is 12.5. The molecule has 0 spiro atoms. The number of hydrogen-bond acceptors (Lipinski definition) is 5. The lowest BCUT2D eigenvalue weighted by Crippen LogP contribution is -2.54. The first-order chi connectivity index (χ1) is 10.3. The third-order valence-electron chi connectivity index (χ3n) is 3.82. The summed E-state index contributed by atoms with van der Waals surface area (Å²) in [7, 11) is 0. The van der Waals surface area contributed by atoms with Crippen molar-refractivity contribution in [3.8, 4) is 0 Å². The van der Waals surface area contributed by atoms with Gasteiger partial charge in [0.2, 0.25) is 5.91 Å². The normalized spacial score (nSPS) is 22.4. The maximum Gasteiger partial charge on any atom is 0.254 e. The Hall–Kier alpha value is -1.60. The predicted octanol–water partition coefficient (Wildman–Crippen LogP) is 0.0285. The van der Waals surface area contributed by atoms with Crippen LogP contribution in [0.2, 0.25) is 0 Å². The van der Waals surface area contributed by atoms with E-state index in [-0.39, 0.29) is 17.9 Å². The molecule has 1 aromatic rings. The van der Waals surface area contributed by atoms with Crippen molar-refractivity contribution in [2.24, 2.45) is 0 Å². The fourth-order valence-corrected chi connectivity index (χ4v) is 3.51. The molecule has 2 aliphatic heterocycles. The molecule has 1 atom stereocenters. The Morgan fingerprint density at radius 2 is 1.81 bits per heavy atom. The minimum Gasteiger partial charge on any atom is -0.338 e. The minimum atomic E-state index is -0.0579. The van der Waals surface area contributed by atoms with E-state index in [4.69, 9.17) is 0 Å². The highest BCUT2D eigenvalue weighted by Gasteiger charge is 2.30. The van der Waals surface area contributed by atoms with Crippen molar-refractivity contribution in [1.29, 1.82) is 0 Å². The molecule has 0 bridgehead atoms. The number of carbonyl (C=O) groups is 2. The minimum absolute atomic E-state index is 0.0130. The molecule has 0 aliphatic carbocycles. The molecule has 1 aromatic heterocycles. The van der Waals surface area contributed by atoms with Crippen LogP contribution < -0.4 is 5.32 Å². The van der Waals surface area contributed by atoms with Gasteiger partial charge in [0.25, 0.3) is 5.91 Å². The van der Waals surface area contributed by atoms with Crippen LogP contribution in [-0.4, -0.2) is 70.4 Å². The molecule has 2 saturated heterocycles. The fraction of sp³-hybridized carbons (Fsp3) is 0.500. The van der Waals surface area contributed by atoms with Crippen LogP contribution in [0.4, 0.5) is 0 Å². The second-order valence-corrected chi connectivity index (χ2v) is 6.16. The maximum atomic E-state index is 12.3. The first-order valence-electron chi connectivity index (χ1n) is 7.05. The average molecular weight is 306 g/mol. The van der Waals surface area contributed by atoms with Crippen LogP contribution >= 0.6 is 11.8 Å². The topological polar surface area (TPSA) is 65.5 Å². The summed E-state index contributed by atoms with van der Waals surface area (Å²) < 4.78 is 0. The Morgan fingerprint density at radius 1 is 1.14 bits per heavy atom. The van der Waals surface area contributed by atoms with Gasteiger partial charge in [-0.2, -0.15) is 0 Å². The largest absolute Gasteiger partial charge is 0.338 e. The van der Waals surface area contributed by atoms with Gasteiger partial charge < -0.3 is 9.80 Å². The lowest BCUT2D eigenvalue weighted by atomic mass is 10.2. The van der Waals surface area contributed by atoms with E-state index in [1.165, 1.54) is 0 Å². The molecule has 7 heteroatoms. The third-order valence-corrected chi connectivity index (χ3v) is 4.76. The molecule has 0 aromatic carbocycles. The SMILES string of the molecule is O=C(c1ccncc1)N1CCN(C(=O)C2CSCN2)CC1. The van der Waals surface area contributed by atoms with Crippen molar-refractivity contribution in [3.63, 3.8) is 0 Å². The van der Waals surface area contributed by atoms with Gasteiger partial charge in [-0.15, -0.1) is 11.8 Å². The highest BCUT2D eigenvalue weighted by molar-refractivity contribution is 7.99. The van der Waals surface area contributed by atoms with Crippen molar-refractivity contribution in [1.82, 2.24) is 20.1 Å². The van der Waals surface area contributed by atoms with Crippen molar-refractivity contribution >= 4 is 23.6 Å². The summed E-state index contributed by atoms with van der Waals surface area (Å²) in [5, 5.41) is 3.20. The molecule has 1 unspecified atom stereocenters. The van der Waals surface area contributed by atoms with Crippen molar-refractivity contribution in [2.75, 3.05) is 37.8 Å². The van der Waals surface area contributed by atoms with Gasteiger partial charge in [0.1, 0.15) is 0 Å². The Kier molecular flexibility index (Phi) is 4.40. The van der Waals surface area contributed by atoms with Gasteiger partial charge in [-0.3, -0.25) is 19.9 Å². The summed E-state index contributed by atoms with van der Waals surface area (Å²) in [5.41, 5.74) is 0.652. The molecule has 21 heavy (non-hydrogen) atoms. The molecule has 2 fully saturated rings. The van der Waals surface area contributed by atoms with Gasteiger partial charge in [0.15, 0.2) is 0 Å². The first-order valence-corrected chi connectivity index (χ1v) is 8.20. The van der Waals surface area contributed by atoms with Crippen LogP contribution in [-0.2, 0) is 4.79 Å². The summed E-state index contributed by atoms with van der Waals surface area (Å²) in [6.07, 6.45) is 3.24. The molecular formula is C14H18N4O2S. The van der Waals surface area contributed by atoms with E-state index in [2.05, 4.69) is 10.3 Å².